The Hall–Kier alpha value is -3.04. The van der Waals surface area contributed by atoms with Crippen molar-refractivity contribution in [1.82, 2.24) is 25.8 Å². The van der Waals surface area contributed by atoms with Crippen LogP contribution in [-0.4, -0.2) is 40.1 Å². The molecule has 1 aliphatic carbocycles. The fourth-order valence-electron chi connectivity index (χ4n) is 4.79. The molecule has 2 aromatic heterocycles. The van der Waals surface area contributed by atoms with Crippen LogP contribution in [0.3, 0.4) is 0 Å². The van der Waals surface area contributed by atoms with Gasteiger partial charge in [-0.05, 0) is 38.3 Å². The van der Waals surface area contributed by atoms with E-state index in [2.05, 4.69) is 42.9 Å². The van der Waals surface area contributed by atoms with Crippen LogP contribution in [0.2, 0.25) is 0 Å². The number of hydrazine groups is 1. The summed E-state index contributed by atoms with van der Waals surface area (Å²) in [6.45, 7) is 3.62. The van der Waals surface area contributed by atoms with Crippen molar-refractivity contribution in [3.05, 3.63) is 48.9 Å². The molecule has 0 amide bonds. The highest BCUT2D eigenvalue weighted by Gasteiger charge is 2.40. The fourth-order valence-corrected chi connectivity index (χ4v) is 4.79. The van der Waals surface area contributed by atoms with Gasteiger partial charge in [-0.3, -0.25) is 10.9 Å². The maximum absolute atomic E-state index is 14.8. The Balaban J connectivity index is 1.40. The average Bonchev–Trinajstić information content (AvgIpc) is 3.49. The Bertz CT molecular complexity index is 1030. The van der Waals surface area contributed by atoms with Crippen molar-refractivity contribution in [3.8, 4) is 11.3 Å². The first kappa shape index (κ1) is 19.9. The zero-order chi connectivity index (χ0) is 21.2. The van der Waals surface area contributed by atoms with Crippen molar-refractivity contribution in [2.24, 2.45) is 5.92 Å². The zero-order valence-corrected chi connectivity index (χ0v) is 17.4. The van der Waals surface area contributed by atoms with Crippen LogP contribution in [0.15, 0.2) is 47.5 Å². The van der Waals surface area contributed by atoms with Crippen molar-refractivity contribution in [3.63, 3.8) is 0 Å². The molecule has 0 spiro atoms. The summed E-state index contributed by atoms with van der Waals surface area (Å²) >= 11 is 0. The number of halogens is 1. The van der Waals surface area contributed by atoms with Crippen LogP contribution < -0.4 is 21.1 Å². The Labute approximate surface area is 180 Å². The average molecular weight is 423 g/mol. The quantitative estimate of drug-likeness (QED) is 0.555. The van der Waals surface area contributed by atoms with Gasteiger partial charge in [0.25, 0.3) is 0 Å². The smallest absolute Gasteiger partial charge is 0.229 e. The number of nitrogens with one attached hydrogen (secondary N) is 3. The van der Waals surface area contributed by atoms with Gasteiger partial charge in [0, 0.05) is 42.3 Å². The Morgan fingerprint density at radius 2 is 2.23 bits per heavy atom. The molecule has 8 nitrogen and oxygen atoms in total. The van der Waals surface area contributed by atoms with E-state index >= 15 is 0 Å². The molecule has 3 atom stereocenters. The second-order valence-corrected chi connectivity index (χ2v) is 8.02. The van der Waals surface area contributed by atoms with Gasteiger partial charge < -0.3 is 14.6 Å². The Kier molecular flexibility index (Phi) is 5.52. The molecule has 3 aromatic rings. The number of rotatable bonds is 6. The van der Waals surface area contributed by atoms with E-state index in [9.17, 15) is 4.39 Å². The normalized spacial score (nSPS) is 22.8. The number of benzene rings is 1. The van der Waals surface area contributed by atoms with Gasteiger partial charge in [0.05, 0.1) is 12.4 Å². The van der Waals surface area contributed by atoms with Gasteiger partial charge in [-0.1, -0.05) is 12.1 Å². The lowest BCUT2D eigenvalue weighted by Crippen LogP contribution is -2.49. The third kappa shape index (κ3) is 3.98. The number of aromatic nitrogens is 3. The molecule has 31 heavy (non-hydrogen) atoms. The van der Waals surface area contributed by atoms with Gasteiger partial charge in [-0.2, -0.15) is 4.98 Å². The van der Waals surface area contributed by atoms with E-state index in [1.165, 1.54) is 12.6 Å². The topological polar surface area (TPSA) is 91.1 Å². The van der Waals surface area contributed by atoms with Gasteiger partial charge in [0.15, 0.2) is 23.8 Å². The van der Waals surface area contributed by atoms with Crippen molar-refractivity contribution in [2.45, 2.75) is 38.3 Å². The summed E-state index contributed by atoms with van der Waals surface area (Å²) in [5.74, 6) is 1.41. The Morgan fingerprint density at radius 3 is 3.06 bits per heavy atom. The van der Waals surface area contributed by atoms with Gasteiger partial charge >= 0.3 is 0 Å². The summed E-state index contributed by atoms with van der Waals surface area (Å²) in [5, 5.41) is 3.20. The highest BCUT2D eigenvalue weighted by atomic mass is 19.1. The molecule has 162 valence electrons. The molecule has 1 saturated heterocycles. The number of hydrogen-bond acceptors (Lipinski definition) is 8. The summed E-state index contributed by atoms with van der Waals surface area (Å²) in [4.78, 5) is 14.8. The maximum Gasteiger partial charge on any atom is 0.229 e. The summed E-state index contributed by atoms with van der Waals surface area (Å²) < 4.78 is 20.2. The van der Waals surface area contributed by atoms with Crippen molar-refractivity contribution in [2.75, 3.05) is 23.3 Å². The van der Waals surface area contributed by atoms with E-state index < -0.39 is 5.82 Å². The lowest BCUT2D eigenvalue weighted by atomic mass is 9.81. The van der Waals surface area contributed by atoms with E-state index in [0.717, 1.165) is 37.1 Å². The third-order valence-corrected chi connectivity index (χ3v) is 6.23. The summed E-state index contributed by atoms with van der Waals surface area (Å²) in [5.41, 5.74) is 8.31. The maximum atomic E-state index is 14.8. The molecular weight excluding hydrogens is 397 g/mol. The van der Waals surface area contributed by atoms with E-state index in [1.807, 2.05) is 24.3 Å². The Morgan fingerprint density at radius 1 is 1.29 bits per heavy atom. The summed E-state index contributed by atoms with van der Waals surface area (Å²) in [6.07, 6.45) is 7.60. The molecular formula is C22H26FN7O. The monoisotopic (exact) mass is 423 g/mol. The van der Waals surface area contributed by atoms with E-state index in [0.29, 0.717) is 36.0 Å². The van der Waals surface area contributed by atoms with Crippen LogP contribution in [-0.2, 0) is 0 Å². The third-order valence-electron chi connectivity index (χ3n) is 6.23. The first-order valence-corrected chi connectivity index (χ1v) is 10.8. The number of fused-ring (bicyclic) bond motifs is 1. The highest BCUT2D eigenvalue weighted by Crippen LogP contribution is 2.34. The van der Waals surface area contributed by atoms with E-state index in [-0.39, 0.29) is 6.04 Å². The number of anilines is 3. The molecule has 3 heterocycles. The van der Waals surface area contributed by atoms with Gasteiger partial charge in [-0.15, -0.1) is 0 Å². The molecule has 1 aromatic carbocycles. The lowest BCUT2D eigenvalue weighted by Gasteiger charge is -2.40. The van der Waals surface area contributed by atoms with Crippen molar-refractivity contribution in [1.29, 1.82) is 0 Å². The predicted octanol–water partition coefficient (Wildman–Crippen LogP) is 3.49. The van der Waals surface area contributed by atoms with Crippen LogP contribution in [0.1, 0.15) is 26.2 Å². The minimum absolute atomic E-state index is 0.235. The second kappa shape index (κ2) is 8.60. The first-order chi connectivity index (χ1) is 15.2. The number of hydrogen-bond donors (Lipinski definition) is 3. The molecule has 5 rings (SSSR count). The molecule has 1 saturated carbocycles. The molecule has 0 bridgehead atoms. The summed E-state index contributed by atoms with van der Waals surface area (Å²) in [7, 11) is 0. The minimum Gasteiger partial charge on any atom is -0.444 e. The lowest BCUT2D eigenvalue weighted by molar-refractivity contribution is 0.278. The molecule has 9 heteroatoms. The van der Waals surface area contributed by atoms with Crippen LogP contribution in [0.25, 0.3) is 11.3 Å². The number of oxazole rings is 1. The highest BCUT2D eigenvalue weighted by molar-refractivity contribution is 5.66. The van der Waals surface area contributed by atoms with E-state index in [4.69, 9.17) is 4.42 Å². The molecule has 3 N–H and O–H groups in total. The molecule has 2 aliphatic rings. The zero-order valence-electron chi connectivity index (χ0n) is 17.4. The van der Waals surface area contributed by atoms with Crippen LogP contribution in [0, 0.1) is 11.7 Å². The fraction of sp³-hybridized carbons (Fsp3) is 0.409. The SMILES string of the molecule is CCN(c1nc(Nc2cccc(-c3cnco3)c2)ncc1F)C1CCCC2NNCC21. The standard InChI is InChI=1S/C22H26FN7O/c1-2-30(19-8-4-7-18-16(19)10-26-29-18)21-17(23)11-25-22(28-21)27-15-6-3-5-14(9-15)20-12-24-13-31-20/h3,5-6,9,11-13,16,18-19,26,29H,2,4,7-8,10H2,1H3,(H,25,27,28). The minimum atomic E-state index is -0.399. The molecule has 2 fully saturated rings. The van der Waals surface area contributed by atoms with Gasteiger partial charge in [0.2, 0.25) is 5.95 Å². The number of nitrogens with zero attached hydrogens (tertiary/aromatic N) is 4. The van der Waals surface area contributed by atoms with Crippen LogP contribution in [0.5, 0.6) is 0 Å². The van der Waals surface area contributed by atoms with Crippen LogP contribution >= 0.6 is 0 Å². The second-order valence-electron chi connectivity index (χ2n) is 8.02. The first-order valence-electron chi connectivity index (χ1n) is 10.8. The molecule has 0 radical (unpaired) electrons. The largest absolute Gasteiger partial charge is 0.444 e. The van der Waals surface area contributed by atoms with Gasteiger partial charge in [-0.25, -0.2) is 14.4 Å². The summed E-state index contributed by atoms with van der Waals surface area (Å²) in [6, 6.07) is 8.33. The molecule has 3 unspecified atom stereocenters. The molecule has 1 aliphatic heterocycles. The van der Waals surface area contributed by atoms with E-state index in [1.54, 1.807) is 6.20 Å². The van der Waals surface area contributed by atoms with Crippen LogP contribution in [0.4, 0.5) is 21.8 Å². The predicted molar refractivity (Wildman–Crippen MR) is 116 cm³/mol. The van der Waals surface area contributed by atoms with Gasteiger partial charge in [0.1, 0.15) is 0 Å². The van der Waals surface area contributed by atoms with Crippen molar-refractivity contribution < 1.29 is 8.81 Å². The van der Waals surface area contributed by atoms with Crippen molar-refractivity contribution >= 4 is 17.5 Å².